The fourth-order valence-corrected chi connectivity index (χ4v) is 1.92. The topological polar surface area (TPSA) is 37.3 Å². The second kappa shape index (κ2) is 5.36. The van der Waals surface area contributed by atoms with E-state index in [9.17, 15) is 13.6 Å². The van der Waals surface area contributed by atoms with Crippen molar-refractivity contribution in [1.82, 2.24) is 0 Å². The van der Waals surface area contributed by atoms with E-state index in [1.807, 2.05) is 0 Å². The van der Waals surface area contributed by atoms with Crippen molar-refractivity contribution in [1.29, 1.82) is 0 Å². The van der Waals surface area contributed by atoms with Crippen LogP contribution in [0, 0.1) is 11.6 Å². The Morgan fingerprint density at radius 3 is 2.47 bits per heavy atom. The van der Waals surface area contributed by atoms with Crippen molar-refractivity contribution in [3.63, 3.8) is 0 Å². The first kappa shape index (κ1) is 13.5. The molecule has 0 atom stereocenters. The molecule has 98 valence electrons. The molecule has 0 heterocycles. The van der Waals surface area contributed by atoms with E-state index in [0.29, 0.717) is 5.56 Å². The average molecular weight is 283 g/mol. The maximum atomic E-state index is 13.7. The zero-order valence-electron chi connectivity index (χ0n) is 9.66. The summed E-state index contributed by atoms with van der Waals surface area (Å²) in [4.78, 5) is 10.6. The minimum atomic E-state index is -1.15. The van der Waals surface area contributed by atoms with Crippen LogP contribution in [0.25, 0.3) is 11.1 Å². The maximum Gasteiger partial charge on any atom is 0.307 e. The van der Waals surface area contributed by atoms with Gasteiger partial charge in [0.2, 0.25) is 0 Å². The minimum absolute atomic E-state index is 0.0133. The normalized spacial score (nSPS) is 10.5. The molecule has 0 spiro atoms. The summed E-state index contributed by atoms with van der Waals surface area (Å²) >= 11 is 5.65. The van der Waals surface area contributed by atoms with Gasteiger partial charge < -0.3 is 5.11 Å². The van der Waals surface area contributed by atoms with Crippen LogP contribution in [0.1, 0.15) is 5.56 Å². The molecule has 0 aliphatic carbocycles. The summed E-state index contributed by atoms with van der Waals surface area (Å²) < 4.78 is 27.2. The Balaban J connectivity index is 2.48. The average Bonchev–Trinajstić information content (AvgIpc) is 2.32. The van der Waals surface area contributed by atoms with Crippen molar-refractivity contribution in [2.75, 3.05) is 0 Å². The van der Waals surface area contributed by atoms with Gasteiger partial charge in [0.1, 0.15) is 11.6 Å². The summed E-state index contributed by atoms with van der Waals surface area (Å²) in [6.07, 6.45) is -0.450. The Kier molecular flexibility index (Phi) is 3.81. The summed E-state index contributed by atoms with van der Waals surface area (Å²) in [5.74, 6) is -2.31. The molecule has 2 aromatic carbocycles. The zero-order chi connectivity index (χ0) is 14.0. The van der Waals surface area contributed by atoms with Crippen LogP contribution in [-0.4, -0.2) is 11.1 Å². The van der Waals surface area contributed by atoms with Gasteiger partial charge in [-0.25, -0.2) is 8.78 Å². The van der Waals surface area contributed by atoms with Crippen molar-refractivity contribution >= 4 is 17.6 Å². The number of carboxylic acids is 1. The van der Waals surface area contributed by atoms with Gasteiger partial charge in [-0.3, -0.25) is 4.79 Å². The van der Waals surface area contributed by atoms with Crippen molar-refractivity contribution in [3.05, 3.63) is 58.6 Å². The quantitative estimate of drug-likeness (QED) is 0.926. The lowest BCUT2D eigenvalue weighted by atomic mass is 10.0. The molecule has 0 saturated carbocycles. The second-order valence-electron chi connectivity index (χ2n) is 4.00. The Hall–Kier alpha value is -1.94. The molecular weight excluding hydrogens is 274 g/mol. The van der Waals surface area contributed by atoms with E-state index in [0.717, 1.165) is 12.1 Å². The fraction of sp³-hybridized carbons (Fsp3) is 0.0714. The zero-order valence-corrected chi connectivity index (χ0v) is 10.4. The monoisotopic (exact) mass is 282 g/mol. The highest BCUT2D eigenvalue weighted by Crippen LogP contribution is 2.27. The standard InChI is InChI=1S/C14H9ClF2O2/c15-10-2-3-11(13(17)7-10)8-1-4-12(16)9(5-8)6-14(18)19/h1-5,7H,6H2,(H,18,19). The number of hydrogen-bond acceptors (Lipinski definition) is 1. The lowest BCUT2D eigenvalue weighted by Gasteiger charge is -2.07. The summed E-state index contributed by atoms with van der Waals surface area (Å²) in [6, 6.07) is 7.98. The summed E-state index contributed by atoms with van der Waals surface area (Å²) in [5.41, 5.74) is 0.669. The van der Waals surface area contributed by atoms with Gasteiger partial charge in [-0.15, -0.1) is 0 Å². The van der Waals surface area contributed by atoms with Gasteiger partial charge in [0.25, 0.3) is 0 Å². The van der Waals surface area contributed by atoms with E-state index in [-0.39, 0.29) is 16.1 Å². The van der Waals surface area contributed by atoms with Crippen molar-refractivity contribution < 1.29 is 18.7 Å². The van der Waals surface area contributed by atoms with Crippen LogP contribution in [0.5, 0.6) is 0 Å². The van der Waals surface area contributed by atoms with Gasteiger partial charge in [-0.05, 0) is 41.5 Å². The van der Waals surface area contributed by atoms with Crippen LogP contribution < -0.4 is 0 Å². The maximum absolute atomic E-state index is 13.7. The van der Waals surface area contributed by atoms with Gasteiger partial charge in [0.05, 0.1) is 6.42 Å². The molecule has 0 radical (unpaired) electrons. The van der Waals surface area contributed by atoms with Gasteiger partial charge >= 0.3 is 5.97 Å². The van der Waals surface area contributed by atoms with E-state index < -0.39 is 24.0 Å². The molecule has 0 unspecified atom stereocenters. The van der Waals surface area contributed by atoms with E-state index in [1.54, 1.807) is 0 Å². The number of aliphatic carboxylic acids is 1. The first-order chi connectivity index (χ1) is 8.97. The highest BCUT2D eigenvalue weighted by molar-refractivity contribution is 6.30. The Bertz CT molecular complexity index is 641. The van der Waals surface area contributed by atoms with Gasteiger partial charge in [0, 0.05) is 10.6 Å². The molecule has 0 saturated heterocycles. The largest absolute Gasteiger partial charge is 0.481 e. The third kappa shape index (κ3) is 3.09. The Labute approximate surface area is 113 Å². The molecule has 0 fully saturated rings. The number of carbonyl (C=O) groups is 1. The molecule has 1 N–H and O–H groups in total. The molecule has 19 heavy (non-hydrogen) atoms. The number of rotatable bonds is 3. The number of hydrogen-bond donors (Lipinski definition) is 1. The van der Waals surface area contributed by atoms with Crippen LogP contribution >= 0.6 is 11.6 Å². The van der Waals surface area contributed by atoms with Crippen molar-refractivity contribution in [2.45, 2.75) is 6.42 Å². The smallest absolute Gasteiger partial charge is 0.307 e. The minimum Gasteiger partial charge on any atom is -0.481 e. The predicted octanol–water partition coefficient (Wildman–Crippen LogP) is 3.91. The molecular formula is C14H9ClF2O2. The Morgan fingerprint density at radius 2 is 1.84 bits per heavy atom. The lowest BCUT2D eigenvalue weighted by molar-refractivity contribution is -0.136. The molecule has 0 aromatic heterocycles. The lowest BCUT2D eigenvalue weighted by Crippen LogP contribution is -2.02. The van der Waals surface area contributed by atoms with E-state index in [1.165, 1.54) is 24.3 Å². The van der Waals surface area contributed by atoms with Gasteiger partial charge in [-0.2, -0.15) is 0 Å². The van der Waals surface area contributed by atoms with E-state index in [4.69, 9.17) is 16.7 Å². The van der Waals surface area contributed by atoms with Crippen LogP contribution in [0.3, 0.4) is 0 Å². The highest BCUT2D eigenvalue weighted by Gasteiger charge is 2.11. The molecule has 5 heteroatoms. The van der Waals surface area contributed by atoms with Gasteiger partial charge in [-0.1, -0.05) is 17.7 Å². The van der Waals surface area contributed by atoms with Crippen LogP contribution in [0.15, 0.2) is 36.4 Å². The third-order valence-corrected chi connectivity index (χ3v) is 2.86. The number of halogens is 3. The van der Waals surface area contributed by atoms with E-state index >= 15 is 0 Å². The molecule has 0 amide bonds. The summed E-state index contributed by atoms with van der Waals surface area (Å²) in [7, 11) is 0. The SMILES string of the molecule is O=C(O)Cc1cc(-c2ccc(Cl)cc2F)ccc1F. The van der Waals surface area contributed by atoms with Crippen molar-refractivity contribution in [3.8, 4) is 11.1 Å². The first-order valence-electron chi connectivity index (χ1n) is 5.43. The van der Waals surface area contributed by atoms with E-state index in [2.05, 4.69) is 0 Å². The summed E-state index contributed by atoms with van der Waals surface area (Å²) in [6.45, 7) is 0. The highest BCUT2D eigenvalue weighted by atomic mass is 35.5. The molecule has 0 bridgehead atoms. The molecule has 2 aromatic rings. The van der Waals surface area contributed by atoms with Crippen LogP contribution in [0.2, 0.25) is 5.02 Å². The molecule has 2 rings (SSSR count). The number of carboxylic acid groups (broad SMARTS) is 1. The van der Waals surface area contributed by atoms with Crippen molar-refractivity contribution in [2.24, 2.45) is 0 Å². The van der Waals surface area contributed by atoms with Crippen LogP contribution in [-0.2, 0) is 11.2 Å². The summed E-state index contributed by atoms with van der Waals surface area (Å²) in [5, 5.41) is 8.94. The first-order valence-corrected chi connectivity index (χ1v) is 5.81. The van der Waals surface area contributed by atoms with Gasteiger partial charge in [0.15, 0.2) is 0 Å². The fourth-order valence-electron chi connectivity index (χ4n) is 1.76. The Morgan fingerprint density at radius 1 is 1.11 bits per heavy atom. The molecule has 2 nitrogen and oxygen atoms in total. The molecule has 0 aliphatic heterocycles. The predicted molar refractivity (Wildman–Crippen MR) is 68.1 cm³/mol. The molecule has 0 aliphatic rings. The van der Waals surface area contributed by atoms with Crippen LogP contribution in [0.4, 0.5) is 8.78 Å². The third-order valence-electron chi connectivity index (χ3n) is 2.63. The second-order valence-corrected chi connectivity index (χ2v) is 4.44. The number of benzene rings is 2.